The number of hydrogen-bond donors (Lipinski definition) is 1. The number of amides is 2. The summed E-state index contributed by atoms with van der Waals surface area (Å²) in [6.45, 7) is 8.02. The molecule has 1 saturated heterocycles. The van der Waals surface area contributed by atoms with Crippen molar-refractivity contribution in [2.45, 2.75) is 52.6 Å². The van der Waals surface area contributed by atoms with Crippen molar-refractivity contribution in [2.75, 3.05) is 6.54 Å². The molecule has 1 N–H and O–H groups in total. The van der Waals surface area contributed by atoms with Crippen LogP contribution in [0.15, 0.2) is 22.8 Å². The lowest BCUT2D eigenvalue weighted by Gasteiger charge is -2.41. The second kappa shape index (κ2) is 5.92. The maximum atomic E-state index is 12.6. The Bertz CT molecular complexity index is 502. The van der Waals surface area contributed by atoms with Crippen LogP contribution in [0.5, 0.6) is 0 Å². The van der Waals surface area contributed by atoms with Crippen LogP contribution in [0.4, 0.5) is 0 Å². The molecule has 1 aromatic heterocycles. The number of carbonyl (C=O) groups is 2. The number of rotatable bonds is 4. The van der Waals surface area contributed by atoms with Crippen molar-refractivity contribution in [3.8, 4) is 0 Å². The van der Waals surface area contributed by atoms with Crippen LogP contribution in [-0.4, -0.2) is 35.3 Å². The minimum atomic E-state index is -0.454. The molecule has 0 bridgehead atoms. The van der Waals surface area contributed by atoms with Crippen LogP contribution >= 0.6 is 0 Å². The van der Waals surface area contributed by atoms with Gasteiger partial charge in [0.25, 0.3) is 0 Å². The van der Waals surface area contributed by atoms with Gasteiger partial charge in [0.15, 0.2) is 0 Å². The first-order valence-electron chi connectivity index (χ1n) is 7.41. The van der Waals surface area contributed by atoms with Crippen molar-refractivity contribution >= 4 is 11.8 Å². The highest BCUT2D eigenvalue weighted by molar-refractivity contribution is 5.95. The van der Waals surface area contributed by atoms with E-state index in [0.717, 1.165) is 18.6 Å². The molecule has 5 heteroatoms. The molecule has 0 saturated carbocycles. The fourth-order valence-corrected chi connectivity index (χ4v) is 2.59. The fraction of sp³-hybridized carbons (Fsp3) is 0.625. The third kappa shape index (κ3) is 3.65. The molecule has 5 nitrogen and oxygen atoms in total. The van der Waals surface area contributed by atoms with E-state index in [2.05, 4.69) is 5.32 Å². The smallest absolute Gasteiger partial charge is 0.246 e. The van der Waals surface area contributed by atoms with Gasteiger partial charge < -0.3 is 14.6 Å². The van der Waals surface area contributed by atoms with E-state index in [1.54, 1.807) is 11.2 Å². The summed E-state index contributed by atoms with van der Waals surface area (Å²) >= 11 is 0. The lowest BCUT2D eigenvalue weighted by Crippen LogP contribution is -2.63. The zero-order chi connectivity index (χ0) is 15.6. The molecule has 1 fully saturated rings. The van der Waals surface area contributed by atoms with Crippen LogP contribution in [0.2, 0.25) is 0 Å². The molecule has 1 aromatic rings. The maximum absolute atomic E-state index is 12.6. The predicted octanol–water partition coefficient (Wildman–Crippen LogP) is 1.97. The molecular weight excluding hydrogens is 268 g/mol. The van der Waals surface area contributed by atoms with Crippen LogP contribution < -0.4 is 5.32 Å². The van der Waals surface area contributed by atoms with Gasteiger partial charge >= 0.3 is 0 Å². The van der Waals surface area contributed by atoms with Gasteiger partial charge in [0.1, 0.15) is 11.8 Å². The van der Waals surface area contributed by atoms with Gasteiger partial charge in [0.05, 0.1) is 12.8 Å². The Labute approximate surface area is 125 Å². The molecule has 0 aromatic carbocycles. The van der Waals surface area contributed by atoms with Crippen molar-refractivity contribution in [1.82, 2.24) is 10.2 Å². The monoisotopic (exact) mass is 292 g/mol. The molecule has 21 heavy (non-hydrogen) atoms. The van der Waals surface area contributed by atoms with Gasteiger partial charge in [-0.05, 0) is 30.9 Å². The topological polar surface area (TPSA) is 62.6 Å². The summed E-state index contributed by atoms with van der Waals surface area (Å²) in [6.07, 6.45) is 3.19. The predicted molar refractivity (Wildman–Crippen MR) is 79.6 cm³/mol. The first-order chi connectivity index (χ1) is 9.79. The molecule has 2 amide bonds. The van der Waals surface area contributed by atoms with E-state index >= 15 is 0 Å². The molecule has 2 rings (SSSR count). The Morgan fingerprint density at radius 1 is 1.43 bits per heavy atom. The Morgan fingerprint density at radius 2 is 2.14 bits per heavy atom. The van der Waals surface area contributed by atoms with E-state index < -0.39 is 6.04 Å². The highest BCUT2D eigenvalue weighted by atomic mass is 16.3. The number of aryl methyl sites for hydroxylation is 1. The standard InChI is InChI=1S/C16H24N2O3/c1-11(7-8-12-6-5-9-21-12)18-10-13(19)17-14(15(18)20)16(2,3)4/h5-6,9,11,14H,7-8,10H2,1-4H3,(H,17,19). The van der Waals surface area contributed by atoms with Gasteiger partial charge in [0.2, 0.25) is 11.8 Å². The van der Waals surface area contributed by atoms with Crippen molar-refractivity contribution < 1.29 is 14.0 Å². The van der Waals surface area contributed by atoms with Gasteiger partial charge in [-0.3, -0.25) is 9.59 Å². The number of piperazine rings is 1. The number of hydrogen-bond acceptors (Lipinski definition) is 3. The third-order valence-electron chi connectivity index (χ3n) is 3.94. The van der Waals surface area contributed by atoms with E-state index in [4.69, 9.17) is 4.42 Å². The van der Waals surface area contributed by atoms with Crippen molar-refractivity contribution in [1.29, 1.82) is 0 Å². The number of furan rings is 1. The van der Waals surface area contributed by atoms with Gasteiger partial charge in [-0.25, -0.2) is 0 Å². The average molecular weight is 292 g/mol. The SMILES string of the molecule is CC(CCc1ccco1)N1CC(=O)NC(C(C)(C)C)C1=O. The van der Waals surface area contributed by atoms with Crippen LogP contribution in [0.3, 0.4) is 0 Å². The first-order valence-corrected chi connectivity index (χ1v) is 7.41. The molecule has 1 aliphatic rings. The summed E-state index contributed by atoms with van der Waals surface area (Å²) in [5.74, 6) is 0.830. The second-order valence-corrected chi connectivity index (χ2v) is 6.80. The number of nitrogens with zero attached hydrogens (tertiary/aromatic N) is 1. The molecule has 0 spiro atoms. The minimum Gasteiger partial charge on any atom is -0.469 e. The van der Waals surface area contributed by atoms with Gasteiger partial charge in [-0.2, -0.15) is 0 Å². The highest BCUT2D eigenvalue weighted by Crippen LogP contribution is 2.25. The van der Waals surface area contributed by atoms with Crippen LogP contribution in [0, 0.1) is 5.41 Å². The summed E-state index contributed by atoms with van der Waals surface area (Å²) in [5, 5.41) is 2.81. The normalized spacial score (nSPS) is 21.3. The minimum absolute atomic E-state index is 0.00837. The molecular formula is C16H24N2O3. The molecule has 116 valence electrons. The van der Waals surface area contributed by atoms with Gasteiger partial charge in [0, 0.05) is 12.5 Å². The van der Waals surface area contributed by atoms with Gasteiger partial charge in [-0.1, -0.05) is 20.8 Å². The van der Waals surface area contributed by atoms with Gasteiger partial charge in [-0.15, -0.1) is 0 Å². The van der Waals surface area contributed by atoms with Crippen LogP contribution in [-0.2, 0) is 16.0 Å². The summed E-state index contributed by atoms with van der Waals surface area (Å²) < 4.78 is 5.31. The van der Waals surface area contributed by atoms with Crippen molar-refractivity contribution in [2.24, 2.45) is 5.41 Å². The van der Waals surface area contributed by atoms with E-state index in [-0.39, 0.29) is 29.8 Å². The maximum Gasteiger partial charge on any atom is 0.246 e. The summed E-state index contributed by atoms with van der Waals surface area (Å²) in [4.78, 5) is 26.2. The average Bonchev–Trinajstić information content (AvgIpc) is 2.90. The second-order valence-electron chi connectivity index (χ2n) is 6.80. The molecule has 0 radical (unpaired) electrons. The number of nitrogens with one attached hydrogen (secondary N) is 1. The Kier molecular flexibility index (Phi) is 4.40. The highest BCUT2D eigenvalue weighted by Gasteiger charge is 2.41. The zero-order valence-electron chi connectivity index (χ0n) is 13.2. The largest absolute Gasteiger partial charge is 0.469 e. The van der Waals surface area contributed by atoms with Crippen molar-refractivity contribution in [3.63, 3.8) is 0 Å². The molecule has 2 unspecified atom stereocenters. The Balaban J connectivity index is 2.03. The van der Waals surface area contributed by atoms with Crippen molar-refractivity contribution in [3.05, 3.63) is 24.2 Å². The summed E-state index contributed by atoms with van der Waals surface area (Å²) in [6, 6.07) is 3.34. The Morgan fingerprint density at radius 3 is 2.71 bits per heavy atom. The van der Waals surface area contributed by atoms with Crippen LogP contribution in [0.1, 0.15) is 39.9 Å². The third-order valence-corrected chi connectivity index (χ3v) is 3.94. The quantitative estimate of drug-likeness (QED) is 0.923. The molecule has 1 aliphatic heterocycles. The molecule has 0 aliphatic carbocycles. The molecule has 2 atom stereocenters. The van der Waals surface area contributed by atoms with E-state index in [0.29, 0.717) is 0 Å². The number of carbonyl (C=O) groups excluding carboxylic acids is 2. The van der Waals surface area contributed by atoms with E-state index in [9.17, 15) is 9.59 Å². The summed E-state index contributed by atoms with van der Waals surface area (Å²) in [7, 11) is 0. The molecule has 2 heterocycles. The zero-order valence-corrected chi connectivity index (χ0v) is 13.2. The fourth-order valence-electron chi connectivity index (χ4n) is 2.59. The summed E-state index contributed by atoms with van der Waals surface area (Å²) in [5.41, 5.74) is -0.286. The van der Waals surface area contributed by atoms with E-state index in [1.807, 2.05) is 39.8 Å². The van der Waals surface area contributed by atoms with E-state index in [1.165, 1.54) is 0 Å². The first kappa shape index (κ1) is 15.6. The lowest BCUT2D eigenvalue weighted by molar-refractivity contribution is -0.149. The van der Waals surface area contributed by atoms with Crippen LogP contribution in [0.25, 0.3) is 0 Å². The lowest BCUT2D eigenvalue weighted by atomic mass is 9.84. The Hall–Kier alpha value is -1.78.